The third kappa shape index (κ3) is 2.59. The topological polar surface area (TPSA) is 30.8 Å². The number of fused-ring (bicyclic) bond motifs is 3. The number of ether oxygens (including phenoxy) is 2. The van der Waals surface area contributed by atoms with Gasteiger partial charge in [-0.1, -0.05) is 27.2 Å². The van der Waals surface area contributed by atoms with Crippen LogP contribution in [0.1, 0.15) is 56.4 Å². The monoisotopic (exact) mass is 287 g/mol. The van der Waals surface area contributed by atoms with Crippen molar-refractivity contribution >= 4 is 6.21 Å². The van der Waals surface area contributed by atoms with Crippen molar-refractivity contribution < 1.29 is 9.47 Å². The smallest absolute Gasteiger partial charge is 0.122 e. The molecule has 114 valence electrons. The van der Waals surface area contributed by atoms with Crippen molar-refractivity contribution in [2.45, 2.75) is 52.7 Å². The molecule has 0 bridgehead atoms. The van der Waals surface area contributed by atoms with Gasteiger partial charge in [-0.05, 0) is 42.2 Å². The Bertz CT molecular complexity index is 563. The van der Waals surface area contributed by atoms with Gasteiger partial charge in [0, 0.05) is 11.6 Å². The number of nitrogens with zero attached hydrogens (tertiary/aromatic N) is 1. The fourth-order valence-corrected chi connectivity index (χ4v) is 3.16. The zero-order valence-electron chi connectivity index (χ0n) is 13.5. The molecule has 1 saturated heterocycles. The van der Waals surface area contributed by atoms with Crippen molar-refractivity contribution in [1.82, 2.24) is 0 Å². The second-order valence-corrected chi connectivity index (χ2v) is 6.89. The third-order valence-electron chi connectivity index (χ3n) is 4.54. The highest BCUT2D eigenvalue weighted by Crippen LogP contribution is 2.46. The average molecular weight is 287 g/mol. The molecule has 2 heterocycles. The summed E-state index contributed by atoms with van der Waals surface area (Å²) in [4.78, 5) is 4.74. The maximum absolute atomic E-state index is 6.05. The van der Waals surface area contributed by atoms with E-state index in [4.69, 9.17) is 14.5 Å². The van der Waals surface area contributed by atoms with Gasteiger partial charge >= 0.3 is 0 Å². The Kier molecular flexibility index (Phi) is 3.78. The van der Waals surface area contributed by atoms with Gasteiger partial charge in [-0.25, -0.2) is 0 Å². The first-order chi connectivity index (χ1) is 10.0. The van der Waals surface area contributed by atoms with Crippen LogP contribution in [0.25, 0.3) is 0 Å². The lowest BCUT2D eigenvalue weighted by Crippen LogP contribution is -2.29. The summed E-state index contributed by atoms with van der Waals surface area (Å²) in [6, 6.07) is 4.56. The molecule has 0 radical (unpaired) electrons. The fourth-order valence-electron chi connectivity index (χ4n) is 3.16. The summed E-state index contributed by atoms with van der Waals surface area (Å²) in [5, 5.41) is 0. The predicted molar refractivity (Wildman–Crippen MR) is 85.4 cm³/mol. The highest BCUT2D eigenvalue weighted by molar-refractivity contribution is 5.84. The highest BCUT2D eigenvalue weighted by Gasteiger charge is 2.45. The number of aryl methyl sites for hydroxylation is 1. The lowest BCUT2D eigenvalue weighted by atomic mass is 9.81. The maximum atomic E-state index is 6.05. The van der Waals surface area contributed by atoms with Crippen LogP contribution in [0.15, 0.2) is 17.1 Å². The van der Waals surface area contributed by atoms with Gasteiger partial charge in [0.05, 0.1) is 19.3 Å². The quantitative estimate of drug-likeness (QED) is 0.781. The van der Waals surface area contributed by atoms with Crippen LogP contribution in [-0.4, -0.2) is 25.5 Å². The van der Waals surface area contributed by atoms with Gasteiger partial charge in [0.15, 0.2) is 0 Å². The van der Waals surface area contributed by atoms with E-state index in [1.807, 2.05) is 6.21 Å². The minimum absolute atomic E-state index is 0.0779. The van der Waals surface area contributed by atoms with Crippen molar-refractivity contribution in [2.24, 2.45) is 10.4 Å². The molecule has 0 aromatic heterocycles. The normalized spacial score (nSPS) is 25.5. The largest absolute Gasteiger partial charge is 0.493 e. The van der Waals surface area contributed by atoms with E-state index in [2.05, 4.69) is 39.8 Å². The molecular formula is C18H25NO2. The van der Waals surface area contributed by atoms with Crippen LogP contribution in [0.2, 0.25) is 0 Å². The van der Waals surface area contributed by atoms with Crippen LogP contribution >= 0.6 is 0 Å². The summed E-state index contributed by atoms with van der Waals surface area (Å²) >= 11 is 0. The number of rotatable bonds is 4. The van der Waals surface area contributed by atoms with Gasteiger partial charge in [-0.3, -0.25) is 4.99 Å². The minimum Gasteiger partial charge on any atom is -0.493 e. The maximum Gasteiger partial charge on any atom is 0.122 e. The van der Waals surface area contributed by atoms with Gasteiger partial charge in [0.1, 0.15) is 11.9 Å². The molecule has 0 saturated carbocycles. The number of hydrogen-bond donors (Lipinski definition) is 0. The Morgan fingerprint density at radius 2 is 2.19 bits per heavy atom. The molecule has 1 aromatic rings. The Morgan fingerprint density at radius 3 is 2.95 bits per heavy atom. The van der Waals surface area contributed by atoms with Crippen LogP contribution < -0.4 is 4.74 Å². The van der Waals surface area contributed by atoms with E-state index in [9.17, 15) is 0 Å². The second-order valence-electron chi connectivity index (χ2n) is 6.89. The molecule has 2 aliphatic rings. The summed E-state index contributed by atoms with van der Waals surface area (Å²) in [7, 11) is 0. The van der Waals surface area contributed by atoms with E-state index in [0.717, 1.165) is 31.8 Å². The van der Waals surface area contributed by atoms with Crippen molar-refractivity contribution in [3.05, 3.63) is 28.8 Å². The molecule has 0 unspecified atom stereocenters. The molecule has 0 spiro atoms. The summed E-state index contributed by atoms with van der Waals surface area (Å²) < 4.78 is 12.0. The van der Waals surface area contributed by atoms with E-state index >= 15 is 0 Å². The van der Waals surface area contributed by atoms with Crippen LogP contribution in [-0.2, 0) is 4.74 Å². The van der Waals surface area contributed by atoms with E-state index in [0.29, 0.717) is 0 Å². The average Bonchev–Trinajstić information content (AvgIpc) is 2.75. The molecular weight excluding hydrogens is 262 g/mol. The number of benzene rings is 1. The Labute approximate surface area is 127 Å². The first kappa shape index (κ1) is 14.6. The van der Waals surface area contributed by atoms with Crippen LogP contribution in [0.5, 0.6) is 5.75 Å². The summed E-state index contributed by atoms with van der Waals surface area (Å²) in [5.74, 6) is 0.990. The van der Waals surface area contributed by atoms with Gasteiger partial charge in [-0.15, -0.1) is 0 Å². The third-order valence-corrected chi connectivity index (χ3v) is 4.54. The van der Waals surface area contributed by atoms with Crippen molar-refractivity contribution in [2.75, 3.05) is 13.2 Å². The zero-order chi connectivity index (χ0) is 15.0. The lowest BCUT2D eigenvalue weighted by molar-refractivity contribution is 0.0964. The highest BCUT2D eigenvalue weighted by atomic mass is 16.5. The molecule has 0 amide bonds. The Hall–Kier alpha value is -1.35. The predicted octanol–water partition coefficient (Wildman–Crippen LogP) is 4.07. The molecule has 1 fully saturated rings. The summed E-state index contributed by atoms with van der Waals surface area (Å²) in [5.41, 5.74) is 3.69. The molecule has 3 nitrogen and oxygen atoms in total. The van der Waals surface area contributed by atoms with E-state index < -0.39 is 0 Å². The Morgan fingerprint density at radius 1 is 1.38 bits per heavy atom. The molecule has 0 N–H and O–H groups in total. The lowest BCUT2D eigenvalue weighted by Gasteiger charge is -2.29. The molecule has 21 heavy (non-hydrogen) atoms. The first-order valence-corrected chi connectivity index (χ1v) is 7.95. The summed E-state index contributed by atoms with van der Waals surface area (Å²) in [6.45, 7) is 10.3. The molecule has 0 aliphatic carbocycles. The van der Waals surface area contributed by atoms with E-state index in [1.54, 1.807) is 0 Å². The van der Waals surface area contributed by atoms with Crippen molar-refractivity contribution in [1.29, 1.82) is 0 Å². The van der Waals surface area contributed by atoms with Gasteiger partial charge in [-0.2, -0.15) is 0 Å². The van der Waals surface area contributed by atoms with Crippen LogP contribution in [0.3, 0.4) is 0 Å². The van der Waals surface area contributed by atoms with Crippen molar-refractivity contribution in [3.63, 3.8) is 0 Å². The number of hydrogen-bond acceptors (Lipinski definition) is 3. The van der Waals surface area contributed by atoms with Crippen LogP contribution in [0, 0.1) is 12.3 Å². The van der Waals surface area contributed by atoms with E-state index in [-0.39, 0.29) is 17.6 Å². The minimum atomic E-state index is 0.0779. The Balaban J connectivity index is 1.91. The SMILES string of the molecule is CCCCOc1cc2c(cc1C)C=N[C@H]1[C@@H]2OCC1(C)C. The summed E-state index contributed by atoms with van der Waals surface area (Å²) in [6.07, 6.45) is 4.33. The molecule has 1 aromatic carbocycles. The zero-order valence-corrected chi connectivity index (χ0v) is 13.5. The van der Waals surface area contributed by atoms with Crippen molar-refractivity contribution in [3.8, 4) is 5.75 Å². The molecule has 2 atom stereocenters. The van der Waals surface area contributed by atoms with Gasteiger partial charge < -0.3 is 9.47 Å². The number of unbranched alkanes of at least 4 members (excludes halogenated alkanes) is 1. The molecule has 3 heteroatoms. The second kappa shape index (κ2) is 5.45. The van der Waals surface area contributed by atoms with Gasteiger partial charge in [0.25, 0.3) is 0 Å². The van der Waals surface area contributed by atoms with E-state index in [1.165, 1.54) is 16.7 Å². The van der Waals surface area contributed by atoms with Gasteiger partial charge in [0.2, 0.25) is 0 Å². The number of aliphatic imine (C=N–C) groups is 1. The standard InChI is InChI=1S/C18H25NO2/c1-5-6-7-20-15-9-14-13(8-12(15)2)10-19-17-16(14)21-11-18(17,3)4/h8-10,16-17H,5-7,11H2,1-4H3/t16-,17+/m1/s1. The first-order valence-electron chi connectivity index (χ1n) is 7.95. The molecule has 3 rings (SSSR count). The fraction of sp³-hybridized carbons (Fsp3) is 0.611. The van der Waals surface area contributed by atoms with Crippen LogP contribution in [0.4, 0.5) is 0 Å². The molecule has 2 aliphatic heterocycles.